The zero-order valence-electron chi connectivity index (χ0n) is 20.6. The van der Waals surface area contributed by atoms with Crippen molar-refractivity contribution in [3.05, 3.63) is 106 Å². The summed E-state index contributed by atoms with van der Waals surface area (Å²) in [7, 11) is 0. The molecular weight excluding hydrogens is 492 g/mol. The van der Waals surface area contributed by atoms with Crippen LogP contribution in [0.3, 0.4) is 0 Å². The van der Waals surface area contributed by atoms with Crippen LogP contribution in [0.4, 0.5) is 26.0 Å². The summed E-state index contributed by atoms with van der Waals surface area (Å²) in [6.45, 7) is 3.53. The molecule has 0 radical (unpaired) electrons. The summed E-state index contributed by atoms with van der Waals surface area (Å²) in [6.07, 6.45) is 2.83. The van der Waals surface area contributed by atoms with E-state index in [0.717, 1.165) is 12.1 Å². The lowest BCUT2D eigenvalue weighted by Crippen LogP contribution is -2.15. The molecule has 4 N–H and O–H groups in total. The number of benzene rings is 2. The molecule has 0 fully saturated rings. The van der Waals surface area contributed by atoms with Crippen molar-refractivity contribution < 1.29 is 18.3 Å². The average molecular weight is 517 g/mol. The Hall–Kier alpha value is -4.93. The van der Waals surface area contributed by atoms with Gasteiger partial charge in [0.1, 0.15) is 29.0 Å². The third kappa shape index (κ3) is 5.89. The van der Waals surface area contributed by atoms with Crippen LogP contribution in [-0.2, 0) is 6.54 Å². The number of aryl methyl sites for hydroxylation is 1. The van der Waals surface area contributed by atoms with Gasteiger partial charge in [-0.3, -0.25) is 9.78 Å². The molecule has 9 nitrogen and oxygen atoms in total. The fourth-order valence-electron chi connectivity index (χ4n) is 3.72. The second-order valence-corrected chi connectivity index (χ2v) is 8.17. The lowest BCUT2D eigenvalue weighted by atomic mass is 10.1. The molecule has 2 aromatic carbocycles. The highest BCUT2D eigenvalue weighted by molar-refractivity contribution is 6.16. The number of carbonyl (C=O) groups excluding carboxylic acids is 1. The van der Waals surface area contributed by atoms with E-state index in [1.54, 1.807) is 50.2 Å². The van der Waals surface area contributed by atoms with Crippen molar-refractivity contribution in [3.63, 3.8) is 0 Å². The van der Waals surface area contributed by atoms with Crippen LogP contribution in [0.15, 0.2) is 60.9 Å². The van der Waals surface area contributed by atoms with Crippen LogP contribution >= 0.6 is 0 Å². The molecule has 4 rings (SSSR count). The van der Waals surface area contributed by atoms with Crippen LogP contribution in [0, 0.1) is 18.6 Å². The highest BCUT2D eigenvalue weighted by Gasteiger charge is 2.14. The van der Waals surface area contributed by atoms with E-state index < -0.39 is 17.5 Å². The number of amides is 1. The number of anilines is 3. The second kappa shape index (κ2) is 11.4. The topological polar surface area (TPSA) is 137 Å². The Labute approximate surface area is 217 Å². The predicted octanol–water partition coefficient (Wildman–Crippen LogP) is 4.72. The van der Waals surface area contributed by atoms with Gasteiger partial charge in [0.05, 0.1) is 17.9 Å². The first-order chi connectivity index (χ1) is 18.3. The third-order valence-corrected chi connectivity index (χ3v) is 5.48. The molecule has 0 bridgehead atoms. The molecule has 38 heavy (non-hydrogen) atoms. The molecule has 0 atom stereocenters. The number of carbonyl (C=O) groups is 1. The van der Waals surface area contributed by atoms with Crippen LogP contribution in [0.2, 0.25) is 0 Å². The smallest absolute Gasteiger partial charge is 0.252 e. The van der Waals surface area contributed by atoms with Crippen molar-refractivity contribution in [3.8, 4) is 5.75 Å². The molecule has 0 aliphatic rings. The number of ether oxygens (including phenoxy) is 1. The maximum Gasteiger partial charge on any atom is 0.252 e. The molecule has 0 aliphatic heterocycles. The normalized spacial score (nSPS) is 10.6. The molecule has 0 aliphatic carbocycles. The van der Waals surface area contributed by atoms with Gasteiger partial charge in [-0.2, -0.15) is 0 Å². The number of nitrogens with one attached hydrogen (secondary N) is 2. The number of primary amides is 1. The number of hydrogen-bond donors (Lipinski definition) is 3. The fourth-order valence-corrected chi connectivity index (χ4v) is 3.72. The van der Waals surface area contributed by atoms with Gasteiger partial charge in [0.2, 0.25) is 0 Å². The predicted molar refractivity (Wildman–Crippen MR) is 141 cm³/mol. The summed E-state index contributed by atoms with van der Waals surface area (Å²) in [6, 6.07) is 12.1. The first kappa shape index (κ1) is 26.1. The molecule has 0 saturated carbocycles. The SMILES string of the molecule is CCOc1cc(F)c(CNc2ccccc2C(=[N-])c2nc(C)cc(Nc3ccncc3C(N)=O)n2)c(F)c1. The van der Waals surface area contributed by atoms with Gasteiger partial charge in [0.15, 0.2) is 0 Å². The highest BCUT2D eigenvalue weighted by Crippen LogP contribution is 2.25. The number of pyridine rings is 1. The Balaban J connectivity index is 1.59. The summed E-state index contributed by atoms with van der Waals surface area (Å²) >= 11 is 0. The number of nitrogens with two attached hydrogens (primary N) is 1. The van der Waals surface area contributed by atoms with Gasteiger partial charge in [-0.15, -0.1) is 5.71 Å². The maximum atomic E-state index is 14.5. The molecule has 2 heterocycles. The lowest BCUT2D eigenvalue weighted by molar-refractivity contribution is 0.100. The summed E-state index contributed by atoms with van der Waals surface area (Å²) < 4.78 is 34.2. The van der Waals surface area contributed by atoms with E-state index in [1.807, 2.05) is 0 Å². The summed E-state index contributed by atoms with van der Waals surface area (Å²) in [5.41, 5.74) is 6.79. The lowest BCUT2D eigenvalue weighted by Gasteiger charge is -2.19. The monoisotopic (exact) mass is 516 g/mol. The van der Waals surface area contributed by atoms with Gasteiger partial charge in [0, 0.05) is 54.1 Å². The molecule has 0 unspecified atom stereocenters. The van der Waals surface area contributed by atoms with E-state index in [1.165, 1.54) is 12.4 Å². The molecule has 11 heteroatoms. The third-order valence-electron chi connectivity index (χ3n) is 5.48. The first-order valence-electron chi connectivity index (χ1n) is 11.6. The second-order valence-electron chi connectivity index (χ2n) is 8.17. The molecule has 194 valence electrons. The fraction of sp³-hybridized carbons (Fsp3) is 0.148. The van der Waals surface area contributed by atoms with Crippen LogP contribution in [-0.4, -0.2) is 33.2 Å². The number of aromatic nitrogens is 3. The van der Waals surface area contributed by atoms with Crippen LogP contribution in [0.25, 0.3) is 5.41 Å². The van der Waals surface area contributed by atoms with Crippen molar-refractivity contribution >= 4 is 28.8 Å². The van der Waals surface area contributed by atoms with Gasteiger partial charge < -0.3 is 26.5 Å². The minimum atomic E-state index is -0.754. The Bertz CT molecular complexity index is 1490. The quantitative estimate of drug-likeness (QED) is 0.259. The van der Waals surface area contributed by atoms with Crippen LogP contribution in [0.5, 0.6) is 5.75 Å². The van der Waals surface area contributed by atoms with Crippen molar-refractivity contribution in [1.82, 2.24) is 15.0 Å². The zero-order valence-corrected chi connectivity index (χ0v) is 20.6. The molecule has 0 spiro atoms. The van der Waals surface area contributed by atoms with E-state index in [9.17, 15) is 19.0 Å². The molecule has 2 aromatic heterocycles. The summed E-state index contributed by atoms with van der Waals surface area (Å²) in [5, 5.41) is 17.1. The number of halogens is 2. The van der Waals surface area contributed by atoms with Gasteiger partial charge >= 0.3 is 0 Å². The van der Waals surface area contributed by atoms with E-state index in [-0.39, 0.29) is 41.6 Å². The zero-order chi connectivity index (χ0) is 27.2. The minimum Gasteiger partial charge on any atom is -0.800 e. The Morgan fingerprint density at radius 1 is 1.05 bits per heavy atom. The number of nitrogens with zero attached hydrogens (tertiary/aromatic N) is 4. The molecule has 1 amide bonds. The summed E-state index contributed by atoms with van der Waals surface area (Å²) in [4.78, 5) is 24.3. The first-order valence-corrected chi connectivity index (χ1v) is 11.6. The van der Waals surface area contributed by atoms with Crippen LogP contribution < -0.4 is 21.1 Å². The number of para-hydroxylation sites is 1. The van der Waals surface area contributed by atoms with E-state index in [0.29, 0.717) is 28.5 Å². The molecular formula is C27H24F2N7O2-. The average Bonchev–Trinajstić information content (AvgIpc) is 2.88. The van der Waals surface area contributed by atoms with Gasteiger partial charge in [-0.05, 0) is 31.5 Å². The molecule has 4 aromatic rings. The largest absolute Gasteiger partial charge is 0.800 e. The molecule has 0 saturated heterocycles. The van der Waals surface area contributed by atoms with Crippen molar-refractivity contribution in [2.24, 2.45) is 5.73 Å². The van der Waals surface area contributed by atoms with E-state index >= 15 is 0 Å². The Morgan fingerprint density at radius 3 is 2.50 bits per heavy atom. The van der Waals surface area contributed by atoms with Crippen molar-refractivity contribution in [2.45, 2.75) is 20.4 Å². The van der Waals surface area contributed by atoms with Crippen molar-refractivity contribution in [2.75, 3.05) is 17.2 Å². The Kier molecular flexibility index (Phi) is 7.86. The van der Waals surface area contributed by atoms with Crippen molar-refractivity contribution in [1.29, 1.82) is 0 Å². The van der Waals surface area contributed by atoms with Crippen LogP contribution in [0.1, 0.15) is 39.9 Å². The minimum absolute atomic E-state index is 0.00476. The standard InChI is InChI=1S/C27H24F2N7O2/c1-3-38-16-11-20(28)18(21(29)12-16)14-33-22-7-5-4-6-17(22)25(30)27-34-15(2)10-24(36-27)35-23-8-9-32-13-19(23)26(31)37/h4-13,33H,3,14H2,1-2H3,(H2,31,37)(H,32,34,35,36)/q-1. The van der Waals surface area contributed by atoms with Gasteiger partial charge in [-0.1, -0.05) is 18.2 Å². The maximum absolute atomic E-state index is 14.5. The highest BCUT2D eigenvalue weighted by atomic mass is 19.1. The number of hydrogen-bond acceptors (Lipinski definition) is 7. The van der Waals surface area contributed by atoms with E-state index in [2.05, 4.69) is 25.6 Å². The van der Waals surface area contributed by atoms with Gasteiger partial charge in [-0.25, -0.2) is 18.7 Å². The Morgan fingerprint density at radius 2 is 1.79 bits per heavy atom. The summed E-state index contributed by atoms with van der Waals surface area (Å²) in [5.74, 6) is -1.77. The number of rotatable bonds is 10. The van der Waals surface area contributed by atoms with Gasteiger partial charge in [0.25, 0.3) is 5.91 Å². The van der Waals surface area contributed by atoms with E-state index in [4.69, 9.17) is 10.5 Å².